The Morgan fingerprint density at radius 3 is 2.95 bits per heavy atom. The maximum absolute atomic E-state index is 12.2. The van der Waals surface area contributed by atoms with Crippen molar-refractivity contribution >= 4 is 28.2 Å². The van der Waals surface area contributed by atoms with Crippen LogP contribution in [-0.2, 0) is 0 Å². The molecule has 21 heavy (non-hydrogen) atoms. The number of carbonyl (C=O) groups is 1. The maximum Gasteiger partial charge on any atom is 0.265 e. The molecule has 6 nitrogen and oxygen atoms in total. The largest absolute Gasteiger partial charge is 0.382 e. The lowest BCUT2D eigenvalue weighted by Gasteiger charge is -2.32. The second-order valence-electron chi connectivity index (χ2n) is 5.87. The third-order valence-corrected chi connectivity index (χ3v) is 4.69. The van der Waals surface area contributed by atoms with E-state index in [-0.39, 0.29) is 11.9 Å². The number of hydrogen-bond donors (Lipinski definition) is 3. The zero-order chi connectivity index (χ0) is 15.4. The van der Waals surface area contributed by atoms with Gasteiger partial charge in [-0.1, -0.05) is 17.8 Å². The van der Waals surface area contributed by atoms with Crippen LogP contribution in [-0.4, -0.2) is 48.0 Å². The number of nitrogens with two attached hydrogens (primary N) is 1. The summed E-state index contributed by atoms with van der Waals surface area (Å²) in [7, 11) is 2.11. The van der Waals surface area contributed by atoms with Gasteiger partial charge in [-0.15, -0.1) is 0 Å². The van der Waals surface area contributed by atoms with Gasteiger partial charge in [-0.2, -0.15) is 0 Å². The van der Waals surface area contributed by atoms with Crippen molar-refractivity contribution in [1.82, 2.24) is 15.2 Å². The number of rotatable bonds is 5. The number of thiazole rings is 1. The van der Waals surface area contributed by atoms with Crippen LogP contribution in [0.1, 0.15) is 42.8 Å². The molecule has 0 bridgehead atoms. The molecule has 4 N–H and O–H groups in total. The molecule has 0 spiro atoms. The van der Waals surface area contributed by atoms with E-state index in [1.54, 1.807) is 0 Å². The van der Waals surface area contributed by atoms with Crippen molar-refractivity contribution in [3.8, 4) is 0 Å². The lowest BCUT2D eigenvalue weighted by atomic mass is 10.0. The fraction of sp³-hybridized carbons (Fsp3) is 0.714. The zero-order valence-electron chi connectivity index (χ0n) is 13.0. The number of piperidine rings is 1. The summed E-state index contributed by atoms with van der Waals surface area (Å²) >= 11 is 1.31. The number of nitrogen functional groups attached to an aromatic ring is 1. The molecule has 1 unspecified atom stereocenters. The van der Waals surface area contributed by atoms with E-state index < -0.39 is 0 Å². The third-order valence-electron chi connectivity index (χ3n) is 3.69. The van der Waals surface area contributed by atoms with Crippen molar-refractivity contribution < 1.29 is 4.79 Å². The number of hydrogen-bond acceptors (Lipinski definition) is 6. The molecule has 0 saturated carbocycles. The summed E-state index contributed by atoms with van der Waals surface area (Å²) in [4.78, 5) is 19.3. The van der Waals surface area contributed by atoms with Crippen LogP contribution in [0.2, 0.25) is 0 Å². The minimum atomic E-state index is -0.124. The monoisotopic (exact) mass is 311 g/mol. The van der Waals surface area contributed by atoms with E-state index in [2.05, 4.69) is 27.6 Å². The molecule has 1 aliphatic heterocycles. The molecule has 1 aromatic rings. The number of anilines is 2. The van der Waals surface area contributed by atoms with Gasteiger partial charge in [0.2, 0.25) is 0 Å². The highest BCUT2D eigenvalue weighted by Crippen LogP contribution is 2.25. The summed E-state index contributed by atoms with van der Waals surface area (Å²) in [5.74, 6) is 0.179. The Bertz CT molecular complexity index is 488. The van der Waals surface area contributed by atoms with Gasteiger partial charge >= 0.3 is 0 Å². The van der Waals surface area contributed by atoms with Gasteiger partial charge in [-0.05, 0) is 40.3 Å². The highest BCUT2D eigenvalue weighted by molar-refractivity contribution is 7.18. The van der Waals surface area contributed by atoms with Crippen LogP contribution in [0.15, 0.2) is 0 Å². The summed E-state index contributed by atoms with van der Waals surface area (Å²) < 4.78 is 0. The van der Waals surface area contributed by atoms with Gasteiger partial charge in [0.05, 0.1) is 0 Å². The number of carbonyl (C=O) groups excluding carboxylic acids is 1. The lowest BCUT2D eigenvalue weighted by molar-refractivity contribution is 0.0933. The van der Waals surface area contributed by atoms with Crippen LogP contribution in [0.25, 0.3) is 0 Å². The smallest absolute Gasteiger partial charge is 0.265 e. The minimum Gasteiger partial charge on any atom is -0.382 e. The second-order valence-corrected chi connectivity index (χ2v) is 6.87. The molecule has 1 atom stereocenters. The molecular weight excluding hydrogens is 286 g/mol. The van der Waals surface area contributed by atoms with Crippen molar-refractivity contribution in [3.63, 3.8) is 0 Å². The molecule has 2 rings (SSSR count). The lowest BCUT2D eigenvalue weighted by Crippen LogP contribution is -2.44. The van der Waals surface area contributed by atoms with Crippen molar-refractivity contribution in [2.24, 2.45) is 0 Å². The summed E-state index contributed by atoms with van der Waals surface area (Å²) in [5.41, 5.74) is 5.84. The van der Waals surface area contributed by atoms with E-state index >= 15 is 0 Å². The number of nitrogens with one attached hydrogen (secondary N) is 2. The highest BCUT2D eigenvalue weighted by Gasteiger charge is 2.21. The van der Waals surface area contributed by atoms with Gasteiger partial charge in [-0.3, -0.25) is 4.79 Å². The third kappa shape index (κ3) is 4.31. The molecule has 2 heterocycles. The van der Waals surface area contributed by atoms with Crippen molar-refractivity contribution in [2.45, 2.75) is 45.2 Å². The van der Waals surface area contributed by atoms with Crippen LogP contribution in [0.3, 0.4) is 0 Å². The molecule has 0 aliphatic carbocycles. The van der Waals surface area contributed by atoms with E-state index in [1.165, 1.54) is 24.2 Å². The number of nitrogens with zero attached hydrogens (tertiary/aromatic N) is 2. The topological polar surface area (TPSA) is 83.3 Å². The Morgan fingerprint density at radius 1 is 1.52 bits per heavy atom. The van der Waals surface area contributed by atoms with Crippen molar-refractivity contribution in [3.05, 3.63) is 4.88 Å². The highest BCUT2D eigenvalue weighted by atomic mass is 32.1. The summed E-state index contributed by atoms with van der Waals surface area (Å²) in [6.07, 6.45) is 3.61. The Hall–Kier alpha value is -1.34. The number of likely N-dealkylation sites (tertiary alicyclic amines) is 1. The van der Waals surface area contributed by atoms with Crippen LogP contribution < -0.4 is 16.4 Å². The second kappa shape index (κ2) is 7.09. The van der Waals surface area contributed by atoms with Crippen LogP contribution in [0, 0.1) is 0 Å². The van der Waals surface area contributed by atoms with E-state index in [0.717, 1.165) is 13.0 Å². The summed E-state index contributed by atoms with van der Waals surface area (Å²) in [6, 6.07) is 0.687. The molecule has 118 valence electrons. The molecule has 7 heteroatoms. The Kier molecular flexibility index (Phi) is 5.41. The predicted octanol–water partition coefficient (Wildman–Crippen LogP) is 1.76. The standard InChI is InChI=1S/C14H25N5OS/c1-9(2)17-14-18-12(15)11(21-14)13(20)16-8-10-6-4-5-7-19(10)3/h9-10H,4-8,15H2,1-3H3,(H,16,20)(H,17,18). The summed E-state index contributed by atoms with van der Waals surface area (Å²) in [5, 5.41) is 6.86. The first-order valence-electron chi connectivity index (χ1n) is 7.48. The SMILES string of the molecule is CC(C)Nc1nc(N)c(C(=O)NCC2CCCCN2C)s1. The van der Waals surface area contributed by atoms with Crippen LogP contribution in [0.4, 0.5) is 10.9 Å². The quantitative estimate of drug-likeness (QED) is 0.772. The van der Waals surface area contributed by atoms with Gasteiger partial charge in [0, 0.05) is 18.6 Å². The maximum atomic E-state index is 12.2. The summed E-state index contributed by atoms with van der Waals surface area (Å²) in [6.45, 7) is 5.82. The molecule has 0 aromatic carbocycles. The van der Waals surface area contributed by atoms with Crippen LogP contribution >= 0.6 is 11.3 Å². The minimum absolute atomic E-state index is 0.124. The number of amides is 1. The van der Waals surface area contributed by atoms with E-state index in [1.807, 2.05) is 13.8 Å². The van der Waals surface area contributed by atoms with Crippen LogP contribution in [0.5, 0.6) is 0 Å². The van der Waals surface area contributed by atoms with Gasteiger partial charge in [0.1, 0.15) is 10.7 Å². The Labute approximate surface area is 130 Å². The number of aromatic nitrogens is 1. The fourth-order valence-electron chi connectivity index (χ4n) is 2.50. The van der Waals surface area contributed by atoms with Gasteiger partial charge < -0.3 is 21.3 Å². The molecule has 1 fully saturated rings. The first-order chi connectivity index (χ1) is 9.97. The zero-order valence-corrected chi connectivity index (χ0v) is 13.8. The molecule has 1 saturated heterocycles. The first-order valence-corrected chi connectivity index (χ1v) is 8.30. The van der Waals surface area contributed by atoms with E-state index in [0.29, 0.717) is 28.4 Å². The first kappa shape index (κ1) is 16.0. The average molecular weight is 311 g/mol. The molecular formula is C14H25N5OS. The fourth-order valence-corrected chi connectivity index (χ4v) is 3.44. The predicted molar refractivity (Wildman–Crippen MR) is 87.9 cm³/mol. The average Bonchev–Trinajstić information content (AvgIpc) is 2.77. The van der Waals surface area contributed by atoms with E-state index in [9.17, 15) is 4.79 Å². The Balaban J connectivity index is 1.92. The number of likely N-dealkylation sites (N-methyl/N-ethyl adjacent to an activating group) is 1. The van der Waals surface area contributed by atoms with E-state index in [4.69, 9.17) is 5.73 Å². The molecule has 1 amide bonds. The molecule has 1 aliphatic rings. The Morgan fingerprint density at radius 2 is 2.29 bits per heavy atom. The normalized spacial score (nSPS) is 19.7. The van der Waals surface area contributed by atoms with Gasteiger partial charge in [0.25, 0.3) is 5.91 Å². The molecule has 0 radical (unpaired) electrons. The molecule has 1 aromatic heterocycles. The van der Waals surface area contributed by atoms with Gasteiger partial charge in [0.15, 0.2) is 5.13 Å². The van der Waals surface area contributed by atoms with Crippen molar-refractivity contribution in [1.29, 1.82) is 0 Å². The van der Waals surface area contributed by atoms with Crippen molar-refractivity contribution in [2.75, 3.05) is 31.2 Å². The van der Waals surface area contributed by atoms with Gasteiger partial charge in [-0.25, -0.2) is 4.98 Å².